The summed E-state index contributed by atoms with van der Waals surface area (Å²) < 4.78 is 4.59. The van der Waals surface area contributed by atoms with E-state index < -0.39 is 5.97 Å². The normalized spacial score (nSPS) is 15.2. The van der Waals surface area contributed by atoms with Gasteiger partial charge in [0, 0.05) is 31.5 Å². The van der Waals surface area contributed by atoms with E-state index in [2.05, 4.69) is 4.74 Å². The molecule has 1 amide bonds. The van der Waals surface area contributed by atoms with Crippen LogP contribution in [0.1, 0.15) is 33.6 Å². The van der Waals surface area contributed by atoms with E-state index in [0.717, 1.165) is 0 Å². The molecule has 0 aliphatic carbocycles. The average molecular weight is 261 g/mol. The van der Waals surface area contributed by atoms with E-state index in [4.69, 9.17) is 0 Å². The zero-order valence-corrected chi connectivity index (χ0v) is 10.7. The number of esters is 1. The number of carbonyl (C=O) groups is 3. The molecule has 1 heterocycles. The molecular weight excluding hydrogens is 246 g/mol. The first kappa shape index (κ1) is 13.3. The summed E-state index contributed by atoms with van der Waals surface area (Å²) in [5.74, 6) is -0.337. The van der Waals surface area contributed by atoms with Crippen molar-refractivity contribution in [2.45, 2.75) is 12.8 Å². The minimum absolute atomic E-state index is 0.107. The third kappa shape index (κ3) is 2.99. The van der Waals surface area contributed by atoms with E-state index in [0.29, 0.717) is 37.1 Å². The largest absolute Gasteiger partial charge is 0.465 e. The Balaban J connectivity index is 2.07. The summed E-state index contributed by atoms with van der Waals surface area (Å²) in [6.07, 6.45) is 0.845. The molecule has 0 bridgehead atoms. The number of rotatable bonds is 2. The van der Waals surface area contributed by atoms with Gasteiger partial charge in [0.05, 0.1) is 12.7 Å². The summed E-state index contributed by atoms with van der Waals surface area (Å²) in [5, 5.41) is 0. The smallest absolute Gasteiger partial charge is 0.337 e. The van der Waals surface area contributed by atoms with Crippen molar-refractivity contribution >= 4 is 17.7 Å². The Labute approximate surface area is 111 Å². The molecule has 0 unspecified atom stereocenters. The van der Waals surface area contributed by atoms with Crippen LogP contribution < -0.4 is 0 Å². The van der Waals surface area contributed by atoms with Crippen LogP contribution in [0.5, 0.6) is 0 Å². The number of ketones is 1. The van der Waals surface area contributed by atoms with Crippen LogP contribution in [0.25, 0.3) is 0 Å². The van der Waals surface area contributed by atoms with Crippen LogP contribution >= 0.6 is 0 Å². The van der Waals surface area contributed by atoms with Crippen molar-refractivity contribution in [1.82, 2.24) is 4.90 Å². The second kappa shape index (κ2) is 5.65. The quantitative estimate of drug-likeness (QED) is 0.752. The number of hydrogen-bond donors (Lipinski definition) is 0. The Kier molecular flexibility index (Phi) is 3.94. The average Bonchev–Trinajstić information content (AvgIpc) is 2.46. The number of likely N-dealkylation sites (tertiary alicyclic amines) is 1. The Morgan fingerprint density at radius 2 is 1.58 bits per heavy atom. The maximum Gasteiger partial charge on any atom is 0.337 e. The second-order valence-electron chi connectivity index (χ2n) is 4.40. The first-order valence-corrected chi connectivity index (χ1v) is 6.11. The summed E-state index contributed by atoms with van der Waals surface area (Å²) >= 11 is 0. The molecule has 1 fully saturated rings. The third-order valence-corrected chi connectivity index (χ3v) is 3.16. The molecule has 2 rings (SSSR count). The Hall–Kier alpha value is -2.17. The molecule has 100 valence electrons. The predicted octanol–water partition coefficient (Wildman–Crippen LogP) is 1.28. The summed E-state index contributed by atoms with van der Waals surface area (Å²) in [4.78, 5) is 36.2. The Morgan fingerprint density at radius 1 is 1.05 bits per heavy atom. The zero-order valence-electron chi connectivity index (χ0n) is 10.7. The molecule has 5 nitrogen and oxygen atoms in total. The number of carbonyl (C=O) groups excluding carboxylic acids is 3. The van der Waals surface area contributed by atoms with Gasteiger partial charge >= 0.3 is 5.97 Å². The number of nitrogens with zero attached hydrogens (tertiary/aromatic N) is 1. The highest BCUT2D eigenvalue weighted by molar-refractivity contribution is 5.97. The molecule has 1 aromatic rings. The van der Waals surface area contributed by atoms with Crippen molar-refractivity contribution in [2.24, 2.45) is 0 Å². The first-order valence-electron chi connectivity index (χ1n) is 6.11. The van der Waals surface area contributed by atoms with E-state index in [1.165, 1.54) is 7.11 Å². The highest BCUT2D eigenvalue weighted by Crippen LogP contribution is 2.12. The number of methoxy groups -OCH3 is 1. The molecule has 1 aliphatic heterocycles. The summed E-state index contributed by atoms with van der Waals surface area (Å²) in [6.45, 7) is 0.937. The SMILES string of the molecule is COC(=O)c1ccc(C(=O)N2CCC(=O)CC2)cc1. The van der Waals surface area contributed by atoms with Crippen molar-refractivity contribution in [3.05, 3.63) is 35.4 Å². The Morgan fingerprint density at radius 3 is 2.11 bits per heavy atom. The van der Waals surface area contributed by atoms with Gasteiger partial charge in [0.1, 0.15) is 5.78 Å². The van der Waals surface area contributed by atoms with E-state index in [-0.39, 0.29) is 11.7 Å². The lowest BCUT2D eigenvalue weighted by molar-refractivity contribution is -0.120. The van der Waals surface area contributed by atoms with Crippen LogP contribution in [-0.2, 0) is 9.53 Å². The van der Waals surface area contributed by atoms with Gasteiger partial charge in [0.2, 0.25) is 0 Å². The van der Waals surface area contributed by atoms with E-state index in [1.807, 2.05) is 0 Å². The standard InChI is InChI=1S/C14H15NO4/c1-19-14(18)11-4-2-10(3-5-11)13(17)15-8-6-12(16)7-9-15/h2-5H,6-9H2,1H3. The number of amides is 1. The maximum atomic E-state index is 12.2. The summed E-state index contributed by atoms with van der Waals surface area (Å²) in [7, 11) is 1.31. The zero-order chi connectivity index (χ0) is 13.8. The van der Waals surface area contributed by atoms with Crippen LogP contribution in [-0.4, -0.2) is 42.8 Å². The number of benzene rings is 1. The molecule has 1 aliphatic rings. The highest BCUT2D eigenvalue weighted by Gasteiger charge is 2.21. The van der Waals surface area contributed by atoms with E-state index >= 15 is 0 Å². The van der Waals surface area contributed by atoms with Crippen molar-refractivity contribution in [1.29, 1.82) is 0 Å². The number of piperidine rings is 1. The van der Waals surface area contributed by atoms with Crippen LogP contribution in [0.15, 0.2) is 24.3 Å². The van der Waals surface area contributed by atoms with Gasteiger partial charge in [0.15, 0.2) is 0 Å². The minimum Gasteiger partial charge on any atom is -0.465 e. The number of hydrogen-bond acceptors (Lipinski definition) is 4. The van der Waals surface area contributed by atoms with Gasteiger partial charge < -0.3 is 9.64 Å². The van der Waals surface area contributed by atoms with Gasteiger partial charge in [-0.1, -0.05) is 0 Å². The lowest BCUT2D eigenvalue weighted by atomic mass is 10.1. The molecule has 0 aromatic heterocycles. The van der Waals surface area contributed by atoms with Crippen molar-refractivity contribution in [3.63, 3.8) is 0 Å². The first-order chi connectivity index (χ1) is 9.11. The van der Waals surface area contributed by atoms with Gasteiger partial charge in [0.25, 0.3) is 5.91 Å². The van der Waals surface area contributed by atoms with E-state index in [1.54, 1.807) is 29.2 Å². The predicted molar refractivity (Wildman–Crippen MR) is 67.9 cm³/mol. The number of Topliss-reactive ketones (excluding diaryl/α,β-unsaturated/α-hetero) is 1. The summed E-state index contributed by atoms with van der Waals surface area (Å²) in [6, 6.07) is 6.33. The molecule has 19 heavy (non-hydrogen) atoms. The molecule has 1 aromatic carbocycles. The van der Waals surface area contributed by atoms with Gasteiger partial charge in [-0.05, 0) is 24.3 Å². The fraction of sp³-hybridized carbons (Fsp3) is 0.357. The molecule has 5 heteroatoms. The Bertz CT molecular complexity index is 497. The lowest BCUT2D eigenvalue weighted by Gasteiger charge is -2.26. The van der Waals surface area contributed by atoms with Crippen molar-refractivity contribution in [2.75, 3.05) is 20.2 Å². The van der Waals surface area contributed by atoms with Crippen LogP contribution in [0.3, 0.4) is 0 Å². The van der Waals surface area contributed by atoms with Crippen molar-refractivity contribution in [3.8, 4) is 0 Å². The topological polar surface area (TPSA) is 63.7 Å². The second-order valence-corrected chi connectivity index (χ2v) is 4.40. The highest BCUT2D eigenvalue weighted by atomic mass is 16.5. The fourth-order valence-corrected chi connectivity index (χ4v) is 2.01. The molecule has 0 saturated carbocycles. The van der Waals surface area contributed by atoms with E-state index in [9.17, 15) is 14.4 Å². The molecule has 0 spiro atoms. The minimum atomic E-state index is -0.428. The van der Waals surface area contributed by atoms with Gasteiger partial charge in [-0.2, -0.15) is 0 Å². The fourth-order valence-electron chi connectivity index (χ4n) is 2.01. The number of ether oxygens (including phenoxy) is 1. The maximum absolute atomic E-state index is 12.2. The molecule has 0 radical (unpaired) electrons. The summed E-state index contributed by atoms with van der Waals surface area (Å²) in [5.41, 5.74) is 0.926. The third-order valence-electron chi connectivity index (χ3n) is 3.16. The molecule has 0 N–H and O–H groups in total. The molecule has 0 atom stereocenters. The van der Waals surface area contributed by atoms with Crippen LogP contribution in [0, 0.1) is 0 Å². The van der Waals surface area contributed by atoms with Crippen LogP contribution in [0.2, 0.25) is 0 Å². The molecule has 1 saturated heterocycles. The lowest BCUT2D eigenvalue weighted by Crippen LogP contribution is -2.38. The monoisotopic (exact) mass is 261 g/mol. The van der Waals surface area contributed by atoms with Gasteiger partial charge in [-0.3, -0.25) is 9.59 Å². The van der Waals surface area contributed by atoms with Crippen LogP contribution in [0.4, 0.5) is 0 Å². The van der Waals surface area contributed by atoms with Gasteiger partial charge in [-0.25, -0.2) is 4.79 Å². The van der Waals surface area contributed by atoms with Crippen molar-refractivity contribution < 1.29 is 19.1 Å². The molecular formula is C14H15NO4. The van der Waals surface area contributed by atoms with Gasteiger partial charge in [-0.15, -0.1) is 0 Å².